The van der Waals surface area contributed by atoms with Crippen molar-refractivity contribution in [1.29, 1.82) is 0 Å². The van der Waals surface area contributed by atoms with Crippen molar-refractivity contribution in [1.82, 2.24) is 5.32 Å². The molecule has 1 N–H and O–H groups in total. The fraction of sp³-hybridized carbons (Fsp3) is 0.556. The minimum absolute atomic E-state index is 0.186. The first-order valence-corrected chi connectivity index (χ1v) is 15.8. The summed E-state index contributed by atoms with van der Waals surface area (Å²) in [7, 11) is -2.84. The van der Waals surface area contributed by atoms with E-state index in [1.165, 1.54) is 7.11 Å². The summed E-state index contributed by atoms with van der Waals surface area (Å²) in [6.45, 7) is 11.2. The van der Waals surface area contributed by atoms with E-state index in [9.17, 15) is 22.8 Å². The smallest absolute Gasteiger partial charge is 0.471 e. The Morgan fingerprint density at radius 1 is 1.03 bits per heavy atom. The SMILES string of the molecule is COc1cc(C[C@H](NC(=O)C(F)(F)F)C(=O)O[Si](C)(C)C)ccc1O[Si](C)(C)C. The zero-order valence-electron chi connectivity index (χ0n) is 17.7. The van der Waals surface area contributed by atoms with Gasteiger partial charge < -0.3 is 18.9 Å². The minimum atomic E-state index is -5.11. The van der Waals surface area contributed by atoms with Crippen LogP contribution in [0, 0.1) is 0 Å². The molecule has 1 atom stereocenters. The molecule has 1 amide bonds. The van der Waals surface area contributed by atoms with Gasteiger partial charge in [0.15, 0.2) is 5.75 Å². The lowest BCUT2D eigenvalue weighted by molar-refractivity contribution is -0.175. The number of hydrogen-bond acceptors (Lipinski definition) is 5. The van der Waals surface area contributed by atoms with Crippen LogP contribution < -0.4 is 14.5 Å². The number of ether oxygens (including phenoxy) is 1. The van der Waals surface area contributed by atoms with Gasteiger partial charge in [0.2, 0.25) is 16.6 Å². The van der Waals surface area contributed by atoms with Gasteiger partial charge in [-0.25, -0.2) is 0 Å². The lowest BCUT2D eigenvalue weighted by Gasteiger charge is -2.25. The van der Waals surface area contributed by atoms with Crippen LogP contribution >= 0.6 is 0 Å². The first-order valence-electron chi connectivity index (χ1n) is 8.98. The molecule has 11 heteroatoms. The molecule has 0 aliphatic carbocycles. The fourth-order valence-corrected chi connectivity index (χ4v) is 3.87. The van der Waals surface area contributed by atoms with Crippen LogP contribution in [-0.2, 0) is 20.4 Å². The Balaban J connectivity index is 3.14. The Kier molecular flexibility index (Phi) is 7.94. The summed E-state index contributed by atoms with van der Waals surface area (Å²) in [5.74, 6) is -2.19. The maximum atomic E-state index is 12.7. The summed E-state index contributed by atoms with van der Waals surface area (Å²) in [5.41, 5.74) is 0.491. The van der Waals surface area contributed by atoms with Crippen molar-refractivity contribution >= 4 is 28.5 Å². The summed E-state index contributed by atoms with van der Waals surface area (Å²) in [5, 5.41) is 1.74. The van der Waals surface area contributed by atoms with Crippen LogP contribution in [0.2, 0.25) is 39.3 Å². The molecule has 0 fully saturated rings. The summed E-state index contributed by atoms with van der Waals surface area (Å²) >= 11 is 0. The van der Waals surface area contributed by atoms with Crippen LogP contribution in [0.1, 0.15) is 5.56 Å². The van der Waals surface area contributed by atoms with E-state index < -0.39 is 40.7 Å². The Labute approximate surface area is 171 Å². The number of carbonyl (C=O) groups is 2. The summed E-state index contributed by atoms with van der Waals surface area (Å²) in [4.78, 5) is 23.8. The van der Waals surface area contributed by atoms with Crippen LogP contribution in [0.3, 0.4) is 0 Å². The zero-order valence-corrected chi connectivity index (χ0v) is 19.7. The van der Waals surface area contributed by atoms with Crippen molar-refractivity contribution in [2.75, 3.05) is 7.11 Å². The van der Waals surface area contributed by atoms with E-state index in [1.807, 2.05) is 19.6 Å². The standard InChI is InChI=1S/C18H28F3NO5Si2/c1-25-15-11-12(8-9-14(15)26-28(2,3)4)10-13(16(23)27-29(5,6)7)22-17(24)18(19,20)21/h8-9,11,13H,10H2,1-7H3,(H,22,24)/t13-/m0/s1. The van der Waals surface area contributed by atoms with Crippen molar-refractivity contribution in [3.8, 4) is 11.5 Å². The molecule has 1 aromatic rings. The molecule has 1 aromatic carbocycles. The molecular formula is C18H28F3NO5Si2. The molecule has 0 aromatic heterocycles. The van der Waals surface area contributed by atoms with Gasteiger partial charge in [0.05, 0.1) is 7.11 Å². The second kappa shape index (κ2) is 9.20. The number of hydrogen-bond donors (Lipinski definition) is 1. The van der Waals surface area contributed by atoms with Crippen LogP contribution in [0.25, 0.3) is 0 Å². The lowest BCUT2D eigenvalue weighted by Crippen LogP contribution is -2.50. The number of rotatable bonds is 8. The number of alkyl halides is 3. The molecule has 0 saturated carbocycles. The molecule has 0 unspecified atom stereocenters. The average Bonchev–Trinajstić information content (AvgIpc) is 2.51. The third-order valence-corrected chi connectivity index (χ3v) is 4.98. The zero-order chi connectivity index (χ0) is 22.6. The van der Waals surface area contributed by atoms with Gasteiger partial charge in [-0.1, -0.05) is 6.07 Å². The molecule has 0 bridgehead atoms. The molecule has 0 aliphatic rings. The number of methoxy groups -OCH3 is 1. The molecule has 0 spiro atoms. The Morgan fingerprint density at radius 2 is 1.62 bits per heavy atom. The highest BCUT2D eigenvalue weighted by Gasteiger charge is 2.41. The van der Waals surface area contributed by atoms with Crippen molar-refractivity contribution in [3.05, 3.63) is 23.8 Å². The third kappa shape index (κ3) is 8.90. The molecule has 29 heavy (non-hydrogen) atoms. The van der Waals surface area contributed by atoms with Gasteiger partial charge >= 0.3 is 18.1 Å². The van der Waals surface area contributed by atoms with E-state index >= 15 is 0 Å². The summed E-state index contributed by atoms with van der Waals surface area (Å²) in [6.07, 6.45) is -5.29. The molecule has 0 saturated heterocycles. The Bertz CT molecular complexity index is 742. The molecule has 164 valence electrons. The molecule has 0 radical (unpaired) electrons. The second-order valence-corrected chi connectivity index (χ2v) is 17.3. The van der Waals surface area contributed by atoms with E-state index in [1.54, 1.807) is 43.2 Å². The van der Waals surface area contributed by atoms with Crippen LogP contribution in [-0.4, -0.2) is 47.8 Å². The Hall–Kier alpha value is -2.02. The number of halogens is 3. The predicted octanol–water partition coefficient (Wildman–Crippen LogP) is 3.88. The maximum absolute atomic E-state index is 12.7. The molecule has 1 rings (SSSR count). The maximum Gasteiger partial charge on any atom is 0.471 e. The third-order valence-electron chi connectivity index (χ3n) is 3.34. The van der Waals surface area contributed by atoms with Gasteiger partial charge in [-0.3, -0.25) is 9.59 Å². The topological polar surface area (TPSA) is 73.9 Å². The van der Waals surface area contributed by atoms with Crippen molar-refractivity contribution in [2.24, 2.45) is 0 Å². The van der Waals surface area contributed by atoms with E-state index in [0.717, 1.165) is 0 Å². The van der Waals surface area contributed by atoms with Crippen molar-refractivity contribution in [2.45, 2.75) is 57.9 Å². The summed E-state index contributed by atoms with van der Waals surface area (Å²) < 4.78 is 54.6. The first kappa shape index (κ1) is 25.0. The van der Waals surface area contributed by atoms with Gasteiger partial charge in [-0.05, 0) is 57.0 Å². The van der Waals surface area contributed by atoms with Gasteiger partial charge in [0.25, 0.3) is 0 Å². The van der Waals surface area contributed by atoms with Gasteiger partial charge in [0.1, 0.15) is 11.8 Å². The number of amides is 1. The van der Waals surface area contributed by atoms with Gasteiger partial charge in [-0.15, -0.1) is 0 Å². The average molecular weight is 452 g/mol. The Morgan fingerprint density at radius 3 is 2.07 bits per heavy atom. The monoisotopic (exact) mass is 451 g/mol. The number of nitrogens with one attached hydrogen (secondary N) is 1. The van der Waals surface area contributed by atoms with Crippen LogP contribution in [0.15, 0.2) is 18.2 Å². The minimum Gasteiger partial charge on any atom is -0.542 e. The van der Waals surface area contributed by atoms with Gasteiger partial charge in [-0.2, -0.15) is 13.2 Å². The largest absolute Gasteiger partial charge is 0.542 e. The van der Waals surface area contributed by atoms with Crippen molar-refractivity contribution in [3.63, 3.8) is 0 Å². The number of benzene rings is 1. The number of carbonyl (C=O) groups excluding carboxylic acids is 2. The van der Waals surface area contributed by atoms with Crippen molar-refractivity contribution < 1.29 is 36.3 Å². The second-order valence-electron chi connectivity index (χ2n) is 8.46. The summed E-state index contributed by atoms with van der Waals surface area (Å²) in [6, 6.07) is 3.35. The predicted molar refractivity (Wildman–Crippen MR) is 108 cm³/mol. The van der Waals surface area contributed by atoms with Gasteiger partial charge in [0, 0.05) is 6.42 Å². The first-order chi connectivity index (χ1) is 13.0. The quantitative estimate of drug-likeness (QED) is 0.608. The van der Waals surface area contributed by atoms with E-state index in [4.69, 9.17) is 13.6 Å². The van der Waals surface area contributed by atoms with Crippen LogP contribution in [0.5, 0.6) is 11.5 Å². The normalized spacial score (nSPS) is 13.4. The molecule has 0 heterocycles. The van der Waals surface area contributed by atoms with E-state index in [-0.39, 0.29) is 6.42 Å². The molecular weight excluding hydrogens is 423 g/mol. The highest BCUT2D eigenvalue weighted by Crippen LogP contribution is 2.31. The highest BCUT2D eigenvalue weighted by atomic mass is 28.4. The molecule has 0 aliphatic heterocycles. The van der Waals surface area contributed by atoms with E-state index in [2.05, 4.69) is 0 Å². The lowest BCUT2D eigenvalue weighted by atomic mass is 10.1. The molecule has 6 nitrogen and oxygen atoms in total. The highest BCUT2D eigenvalue weighted by molar-refractivity contribution is 6.71. The fourth-order valence-electron chi connectivity index (χ4n) is 2.30. The van der Waals surface area contributed by atoms with E-state index in [0.29, 0.717) is 17.1 Å². The van der Waals surface area contributed by atoms with Crippen LogP contribution in [0.4, 0.5) is 13.2 Å².